The lowest BCUT2D eigenvalue weighted by Gasteiger charge is -2.12. The summed E-state index contributed by atoms with van der Waals surface area (Å²) in [5, 5.41) is 7.32. The van der Waals surface area contributed by atoms with Crippen LogP contribution in [0.15, 0.2) is 200 Å². The van der Waals surface area contributed by atoms with Crippen LogP contribution in [0.5, 0.6) is 0 Å². The lowest BCUT2D eigenvalue weighted by Crippen LogP contribution is -2.01. The van der Waals surface area contributed by atoms with E-state index in [1.165, 1.54) is 68.6 Å². The number of rotatable bonds is 6. The van der Waals surface area contributed by atoms with E-state index < -0.39 is 0 Å². The fourth-order valence-corrected chi connectivity index (χ4v) is 11.4. The van der Waals surface area contributed by atoms with Crippen LogP contribution in [-0.2, 0) is 0 Å². The maximum absolute atomic E-state index is 5.24. The quantitative estimate of drug-likeness (QED) is 0.167. The molecule has 5 nitrogen and oxygen atoms in total. The molecule has 0 aliphatic carbocycles. The standard InChI is InChI=1S/C56H33N5S2/c1-3-13-34(14-4-1)54-58-55(37-25-28-50-45(33-37)40-18-10-12-22-49(40)62-50)60-56(59-54)43-20-8-7-19-41(43)52-53-42(29-30-57-52)46-32-36(24-27-51(46)63-53)35-23-26-48-44(31-35)39-17-9-11-21-47(39)61(48)38-15-5-2-6-16-38/h1-33H. The zero-order valence-electron chi connectivity index (χ0n) is 33.6. The number of benzene rings is 8. The number of hydrogen-bond donors (Lipinski definition) is 0. The second-order valence-corrected chi connectivity index (χ2v) is 17.9. The van der Waals surface area contributed by atoms with Crippen LogP contribution in [0, 0.1) is 0 Å². The third kappa shape index (κ3) is 5.89. The SMILES string of the molecule is c1ccc(-c2nc(-c3ccc4sc5ccccc5c4c3)nc(-c3ccccc3-c3nccc4c3sc3ccc(-c5ccc6c(c5)c5ccccc5n6-c5ccccc5)cc34)n2)cc1. The minimum Gasteiger partial charge on any atom is -0.309 e. The molecule has 13 rings (SSSR count). The second kappa shape index (κ2) is 14.4. The van der Waals surface area contributed by atoms with E-state index in [1.54, 1.807) is 11.3 Å². The summed E-state index contributed by atoms with van der Waals surface area (Å²) in [6.45, 7) is 0. The van der Waals surface area contributed by atoms with Gasteiger partial charge in [-0.25, -0.2) is 15.0 Å². The number of thiophene rings is 2. The minimum absolute atomic E-state index is 0.607. The van der Waals surface area contributed by atoms with Crippen molar-refractivity contribution in [2.45, 2.75) is 0 Å². The number of nitrogens with zero attached hydrogens (tertiary/aromatic N) is 5. The molecule has 5 heterocycles. The maximum atomic E-state index is 5.24. The number of aromatic nitrogens is 5. The van der Waals surface area contributed by atoms with E-state index >= 15 is 0 Å². The smallest absolute Gasteiger partial charge is 0.164 e. The van der Waals surface area contributed by atoms with Crippen LogP contribution in [-0.4, -0.2) is 24.5 Å². The van der Waals surface area contributed by atoms with E-state index in [0.717, 1.165) is 38.3 Å². The highest BCUT2D eigenvalue weighted by Gasteiger charge is 2.20. The Labute approximate surface area is 369 Å². The molecule has 0 saturated heterocycles. The van der Waals surface area contributed by atoms with Crippen molar-refractivity contribution in [2.75, 3.05) is 0 Å². The molecule has 0 aliphatic heterocycles. The summed E-state index contributed by atoms with van der Waals surface area (Å²) in [6.07, 6.45) is 1.94. The van der Waals surface area contributed by atoms with Crippen molar-refractivity contribution in [1.82, 2.24) is 24.5 Å². The van der Waals surface area contributed by atoms with E-state index in [4.69, 9.17) is 19.9 Å². The van der Waals surface area contributed by atoms with Crippen LogP contribution in [0.25, 0.3) is 124 Å². The van der Waals surface area contributed by atoms with Crippen LogP contribution in [0.2, 0.25) is 0 Å². The van der Waals surface area contributed by atoms with Crippen molar-refractivity contribution in [3.8, 4) is 62.2 Å². The molecule has 0 radical (unpaired) electrons. The average Bonchev–Trinajstić information content (AvgIpc) is 4.03. The fourth-order valence-electron chi connectivity index (χ4n) is 9.17. The van der Waals surface area contributed by atoms with Crippen LogP contribution < -0.4 is 0 Å². The third-order valence-electron chi connectivity index (χ3n) is 12.1. The predicted octanol–water partition coefficient (Wildman–Crippen LogP) is 15.4. The molecular formula is C56H33N5S2. The summed E-state index contributed by atoms with van der Waals surface area (Å²) in [6, 6.07) is 68.9. The van der Waals surface area contributed by atoms with Gasteiger partial charge < -0.3 is 4.57 Å². The summed E-state index contributed by atoms with van der Waals surface area (Å²) < 4.78 is 7.22. The van der Waals surface area contributed by atoms with Gasteiger partial charge in [-0.1, -0.05) is 121 Å². The Morgan fingerprint density at radius 1 is 0.349 bits per heavy atom. The first-order chi connectivity index (χ1) is 31.2. The number of para-hydroxylation sites is 2. The molecule has 8 aromatic carbocycles. The number of pyridine rings is 1. The van der Waals surface area contributed by atoms with Crippen molar-refractivity contribution in [2.24, 2.45) is 0 Å². The second-order valence-electron chi connectivity index (χ2n) is 15.8. The molecule has 0 aliphatic rings. The molecule has 0 atom stereocenters. The molecule has 0 spiro atoms. The average molecular weight is 840 g/mol. The van der Waals surface area contributed by atoms with Gasteiger partial charge in [0.1, 0.15) is 0 Å². The zero-order valence-corrected chi connectivity index (χ0v) is 35.2. The Kier molecular flexibility index (Phi) is 8.19. The predicted molar refractivity (Wildman–Crippen MR) is 265 cm³/mol. The number of hydrogen-bond acceptors (Lipinski definition) is 6. The molecule has 0 unspecified atom stereocenters. The summed E-state index contributed by atoms with van der Waals surface area (Å²) >= 11 is 3.59. The van der Waals surface area contributed by atoms with E-state index in [2.05, 4.69) is 180 Å². The van der Waals surface area contributed by atoms with Gasteiger partial charge in [0.25, 0.3) is 0 Å². The third-order valence-corrected chi connectivity index (χ3v) is 14.5. The van der Waals surface area contributed by atoms with Crippen LogP contribution >= 0.6 is 22.7 Å². The van der Waals surface area contributed by atoms with Crippen LogP contribution in [0.3, 0.4) is 0 Å². The first-order valence-electron chi connectivity index (χ1n) is 21.0. The van der Waals surface area contributed by atoms with Gasteiger partial charge in [0.2, 0.25) is 0 Å². The van der Waals surface area contributed by atoms with Crippen molar-refractivity contribution in [3.63, 3.8) is 0 Å². The van der Waals surface area contributed by atoms with Gasteiger partial charge in [-0.05, 0) is 83.9 Å². The Morgan fingerprint density at radius 2 is 0.921 bits per heavy atom. The van der Waals surface area contributed by atoms with Gasteiger partial charge in [-0.15, -0.1) is 22.7 Å². The summed E-state index contributed by atoms with van der Waals surface area (Å²) in [4.78, 5) is 20.6. The van der Waals surface area contributed by atoms with E-state index in [-0.39, 0.29) is 0 Å². The molecule has 0 saturated carbocycles. The molecular weight excluding hydrogens is 807 g/mol. The molecule has 0 N–H and O–H groups in total. The van der Waals surface area contributed by atoms with Gasteiger partial charge in [-0.2, -0.15) is 0 Å². The summed E-state index contributed by atoms with van der Waals surface area (Å²) in [5.41, 5.74) is 10.6. The Balaban J connectivity index is 0.943. The molecule has 13 aromatic rings. The van der Waals surface area contributed by atoms with Gasteiger partial charge in [0.15, 0.2) is 17.5 Å². The lowest BCUT2D eigenvalue weighted by atomic mass is 9.99. The lowest BCUT2D eigenvalue weighted by molar-refractivity contribution is 1.07. The normalized spacial score (nSPS) is 11.8. The molecule has 7 heteroatoms. The van der Waals surface area contributed by atoms with Crippen molar-refractivity contribution in [3.05, 3.63) is 200 Å². The van der Waals surface area contributed by atoms with Gasteiger partial charge in [0.05, 0.1) is 21.4 Å². The minimum atomic E-state index is 0.607. The maximum Gasteiger partial charge on any atom is 0.164 e. The molecule has 5 aromatic heterocycles. The molecule has 0 bridgehead atoms. The fraction of sp³-hybridized carbons (Fsp3) is 0. The van der Waals surface area contributed by atoms with Gasteiger partial charge >= 0.3 is 0 Å². The Hall–Kier alpha value is -7.84. The van der Waals surface area contributed by atoms with Crippen molar-refractivity contribution >= 4 is 84.8 Å². The van der Waals surface area contributed by atoms with Crippen LogP contribution in [0.1, 0.15) is 0 Å². The summed E-state index contributed by atoms with van der Waals surface area (Å²) in [7, 11) is 0. The highest BCUT2D eigenvalue weighted by molar-refractivity contribution is 7.26. The molecule has 63 heavy (non-hydrogen) atoms. The van der Waals surface area contributed by atoms with E-state index in [0.29, 0.717) is 17.5 Å². The molecule has 0 fully saturated rings. The molecule has 0 amide bonds. The Morgan fingerprint density at radius 3 is 1.76 bits per heavy atom. The van der Waals surface area contributed by atoms with Crippen LogP contribution in [0.4, 0.5) is 0 Å². The van der Waals surface area contributed by atoms with Crippen molar-refractivity contribution in [1.29, 1.82) is 0 Å². The summed E-state index contributed by atoms with van der Waals surface area (Å²) in [5.74, 6) is 1.87. The largest absolute Gasteiger partial charge is 0.309 e. The zero-order chi connectivity index (χ0) is 41.4. The molecule has 294 valence electrons. The van der Waals surface area contributed by atoms with Crippen molar-refractivity contribution < 1.29 is 0 Å². The topological polar surface area (TPSA) is 56.5 Å². The highest BCUT2D eigenvalue weighted by atomic mass is 32.1. The van der Waals surface area contributed by atoms with E-state index in [1.807, 2.05) is 35.7 Å². The highest BCUT2D eigenvalue weighted by Crippen LogP contribution is 2.44. The first kappa shape index (κ1) is 35.9. The monoisotopic (exact) mass is 839 g/mol. The number of fused-ring (bicyclic) bond motifs is 9. The van der Waals surface area contributed by atoms with Gasteiger partial charge in [-0.3, -0.25) is 4.98 Å². The Bertz CT molecular complexity index is 3920. The van der Waals surface area contributed by atoms with E-state index in [9.17, 15) is 0 Å². The first-order valence-corrected chi connectivity index (χ1v) is 22.6. The van der Waals surface area contributed by atoms with Gasteiger partial charge in [0, 0.05) is 80.6 Å².